The van der Waals surface area contributed by atoms with E-state index in [0.29, 0.717) is 18.4 Å². The lowest BCUT2D eigenvalue weighted by Crippen LogP contribution is -2.32. The number of hydrogen-bond donors (Lipinski definition) is 0. The summed E-state index contributed by atoms with van der Waals surface area (Å²) in [6.07, 6.45) is 7.61. The second kappa shape index (κ2) is 13.9. The van der Waals surface area contributed by atoms with E-state index in [1.165, 1.54) is 39.3 Å². The minimum atomic E-state index is -1.31. The summed E-state index contributed by atoms with van der Waals surface area (Å²) in [7, 11) is 0.906. The average Bonchev–Trinajstić information content (AvgIpc) is 3.66. The molecule has 6 rings (SSSR count). The van der Waals surface area contributed by atoms with Crippen LogP contribution in [-0.2, 0) is 21.8 Å². The Labute approximate surface area is 303 Å². The van der Waals surface area contributed by atoms with Gasteiger partial charge >= 0.3 is 8.45 Å². The highest BCUT2D eigenvalue weighted by Crippen LogP contribution is 2.60. The molecule has 0 saturated carbocycles. The molecule has 0 bridgehead atoms. The second-order valence-corrected chi connectivity index (χ2v) is 17.9. The van der Waals surface area contributed by atoms with Crippen LogP contribution < -0.4 is 9.47 Å². The number of aryl methyl sites for hydroxylation is 1. The van der Waals surface area contributed by atoms with Crippen LogP contribution in [0, 0.1) is 17.8 Å². The highest BCUT2D eigenvalue weighted by atomic mass is 31.2. The molecule has 3 aliphatic rings. The maximum atomic E-state index is 7.49. The summed E-state index contributed by atoms with van der Waals surface area (Å²) in [5, 5.41) is 0. The fourth-order valence-electron chi connectivity index (χ4n) is 8.07. The molecule has 3 aromatic rings. The molecule has 1 aliphatic carbocycles. The molecule has 0 amide bonds. The summed E-state index contributed by atoms with van der Waals surface area (Å²) >= 11 is 0. The highest BCUT2D eigenvalue weighted by molar-refractivity contribution is 7.48. The molecule has 50 heavy (non-hydrogen) atoms. The van der Waals surface area contributed by atoms with E-state index in [1.54, 1.807) is 0 Å². The largest absolute Gasteiger partial charge is 0.490 e. The van der Waals surface area contributed by atoms with Crippen molar-refractivity contribution in [2.24, 2.45) is 17.8 Å². The van der Waals surface area contributed by atoms with Gasteiger partial charge in [0.25, 0.3) is 0 Å². The third kappa shape index (κ3) is 6.33. The fourth-order valence-corrected chi connectivity index (χ4v) is 10.1. The van der Waals surface area contributed by atoms with E-state index in [-0.39, 0.29) is 22.7 Å². The SMILES string of the molecule is CCCOc1cc(C(C)(C)C)cc2c1OC1=C(C(C(C)C)C=C1OP1N(C)/C(CC)=C\C(C)C(c3ccccc3)c3ccc(CC)n31)C2(C)C. The van der Waals surface area contributed by atoms with Gasteiger partial charge in [-0.25, -0.2) is 0 Å². The van der Waals surface area contributed by atoms with Crippen molar-refractivity contribution in [1.82, 2.24) is 9.01 Å². The molecule has 0 radical (unpaired) electrons. The molecule has 6 heteroatoms. The van der Waals surface area contributed by atoms with E-state index in [0.717, 1.165) is 42.3 Å². The smallest absolute Gasteiger partial charge is 0.313 e. The van der Waals surface area contributed by atoms with Crippen molar-refractivity contribution in [2.75, 3.05) is 13.7 Å². The Bertz CT molecular complexity index is 1810. The molecular weight excluding hydrogens is 635 g/mol. The molecule has 4 atom stereocenters. The van der Waals surface area contributed by atoms with Crippen LogP contribution in [0.15, 0.2) is 89.5 Å². The van der Waals surface area contributed by atoms with Gasteiger partial charge in [-0.05, 0) is 77.5 Å². The van der Waals surface area contributed by atoms with E-state index in [2.05, 4.69) is 159 Å². The lowest BCUT2D eigenvalue weighted by molar-refractivity contribution is 0.273. The Kier molecular flexibility index (Phi) is 10.1. The Morgan fingerprint density at radius 1 is 0.960 bits per heavy atom. The van der Waals surface area contributed by atoms with Crippen molar-refractivity contribution in [3.63, 3.8) is 0 Å². The summed E-state index contributed by atoms with van der Waals surface area (Å²) in [6, 6.07) is 20.2. The molecule has 0 spiro atoms. The Balaban J connectivity index is 1.51. The first-order valence-corrected chi connectivity index (χ1v) is 20.0. The first-order valence-electron chi connectivity index (χ1n) is 18.9. The quantitative estimate of drug-likeness (QED) is 0.209. The maximum absolute atomic E-state index is 7.49. The topological polar surface area (TPSA) is 35.9 Å². The van der Waals surface area contributed by atoms with Gasteiger partial charge in [0.1, 0.15) is 0 Å². The van der Waals surface area contributed by atoms with Gasteiger partial charge in [-0.2, -0.15) is 0 Å². The van der Waals surface area contributed by atoms with Crippen LogP contribution in [0.2, 0.25) is 0 Å². The Morgan fingerprint density at radius 2 is 1.68 bits per heavy atom. The van der Waals surface area contributed by atoms with E-state index in [1.807, 2.05) is 0 Å². The first-order chi connectivity index (χ1) is 23.7. The standard InChI is InChI=1S/C44H59N2O3P/c1-13-23-47-37-26-31(43(7,8)9)25-35-41(37)48-42-38(27-34(28(4)5)40(42)44(35,10)11)49-50-45(12)33(15-3)24-29(6)39(30-19-17-16-18-20-30)36-22-21-32(14-2)46(36)50/h16-22,24-29,34,39H,13-15,23H2,1-12H3/b33-24-. The summed E-state index contributed by atoms with van der Waals surface area (Å²) in [4.78, 5) is 0. The normalized spacial score (nSPS) is 24.0. The number of ether oxygens (including phenoxy) is 2. The number of hydrogen-bond acceptors (Lipinski definition) is 4. The van der Waals surface area contributed by atoms with Gasteiger partial charge in [-0.15, -0.1) is 0 Å². The van der Waals surface area contributed by atoms with Crippen molar-refractivity contribution in [3.8, 4) is 11.5 Å². The van der Waals surface area contributed by atoms with Crippen LogP contribution in [-0.4, -0.2) is 22.7 Å². The molecule has 2 aromatic carbocycles. The molecule has 0 fully saturated rings. The number of allylic oxidation sites excluding steroid dienone is 4. The van der Waals surface area contributed by atoms with Gasteiger partial charge in [0, 0.05) is 46.9 Å². The number of aromatic nitrogens is 1. The molecule has 3 heterocycles. The molecule has 5 nitrogen and oxygen atoms in total. The van der Waals surface area contributed by atoms with Gasteiger partial charge in [0.15, 0.2) is 23.0 Å². The van der Waals surface area contributed by atoms with Crippen molar-refractivity contribution in [2.45, 2.75) is 112 Å². The van der Waals surface area contributed by atoms with Crippen LogP contribution in [0.25, 0.3) is 0 Å². The molecule has 1 aromatic heterocycles. The Hall–Kier alpha value is -3.43. The zero-order chi connectivity index (χ0) is 36.1. The molecular formula is C44H59N2O3P. The van der Waals surface area contributed by atoms with E-state index < -0.39 is 8.45 Å². The summed E-state index contributed by atoms with van der Waals surface area (Å²) < 4.78 is 26.0. The van der Waals surface area contributed by atoms with Crippen molar-refractivity contribution < 1.29 is 14.0 Å². The van der Waals surface area contributed by atoms with Gasteiger partial charge < -0.3 is 18.7 Å². The third-order valence-electron chi connectivity index (χ3n) is 11.0. The highest BCUT2D eigenvalue weighted by Gasteiger charge is 2.48. The van der Waals surface area contributed by atoms with E-state index >= 15 is 0 Å². The van der Waals surface area contributed by atoms with Crippen molar-refractivity contribution >= 4 is 8.45 Å². The summed E-state index contributed by atoms with van der Waals surface area (Å²) in [6.45, 7) is 25.9. The number of rotatable bonds is 9. The molecule has 0 N–H and O–H groups in total. The van der Waals surface area contributed by atoms with Crippen molar-refractivity contribution in [1.29, 1.82) is 0 Å². The number of fused-ring (bicyclic) bond motifs is 2. The summed E-state index contributed by atoms with van der Waals surface area (Å²) in [5.74, 6) is 4.45. The monoisotopic (exact) mass is 694 g/mol. The third-order valence-corrected chi connectivity index (χ3v) is 12.9. The minimum absolute atomic E-state index is 0.0276. The molecule has 268 valence electrons. The maximum Gasteiger partial charge on any atom is 0.313 e. The molecule has 0 saturated heterocycles. The van der Waals surface area contributed by atoms with E-state index in [9.17, 15) is 0 Å². The van der Waals surface area contributed by atoms with Gasteiger partial charge in [-0.3, -0.25) is 4.34 Å². The number of nitrogens with zero attached hydrogens (tertiary/aromatic N) is 2. The van der Waals surface area contributed by atoms with Crippen LogP contribution in [0.5, 0.6) is 11.5 Å². The zero-order valence-corrected chi connectivity index (χ0v) is 33.4. The molecule has 4 unspecified atom stereocenters. The Morgan fingerprint density at radius 3 is 2.30 bits per heavy atom. The predicted molar refractivity (Wildman–Crippen MR) is 209 cm³/mol. The predicted octanol–water partition coefficient (Wildman–Crippen LogP) is 12.0. The number of benzene rings is 2. The minimum Gasteiger partial charge on any atom is -0.490 e. The van der Waals surface area contributed by atoms with Crippen LogP contribution in [0.1, 0.15) is 123 Å². The lowest BCUT2D eigenvalue weighted by Gasteiger charge is -2.40. The fraction of sp³-hybridized carbons (Fsp3) is 0.500. The molecule has 2 aliphatic heterocycles. The lowest BCUT2D eigenvalue weighted by atomic mass is 9.68. The summed E-state index contributed by atoms with van der Waals surface area (Å²) in [5.41, 5.74) is 8.68. The zero-order valence-electron chi connectivity index (χ0n) is 32.6. The van der Waals surface area contributed by atoms with Crippen LogP contribution >= 0.6 is 8.45 Å². The van der Waals surface area contributed by atoms with E-state index in [4.69, 9.17) is 14.0 Å². The average molecular weight is 695 g/mol. The van der Waals surface area contributed by atoms with Crippen LogP contribution in [0.4, 0.5) is 0 Å². The van der Waals surface area contributed by atoms with Crippen molar-refractivity contribution in [3.05, 3.63) is 118 Å². The first kappa shape index (κ1) is 36.4. The van der Waals surface area contributed by atoms with Gasteiger partial charge in [0.2, 0.25) is 0 Å². The van der Waals surface area contributed by atoms with Gasteiger partial charge in [0.05, 0.1) is 6.61 Å². The van der Waals surface area contributed by atoms with Crippen LogP contribution in [0.3, 0.4) is 0 Å². The van der Waals surface area contributed by atoms with Gasteiger partial charge in [-0.1, -0.05) is 119 Å². The second-order valence-electron chi connectivity index (χ2n) is 16.3.